The number of rotatable bonds is 5. The number of hydrogen-bond donors (Lipinski definition) is 2. The van der Waals surface area contributed by atoms with Crippen molar-refractivity contribution in [3.63, 3.8) is 0 Å². The molecular weight excluding hydrogens is 224 g/mol. The summed E-state index contributed by atoms with van der Waals surface area (Å²) < 4.78 is 0. The van der Waals surface area contributed by atoms with Crippen molar-refractivity contribution in [2.75, 3.05) is 34.2 Å². The highest BCUT2D eigenvalue weighted by atomic mass is 15.2. The lowest BCUT2D eigenvalue weighted by Gasteiger charge is -2.29. The summed E-state index contributed by atoms with van der Waals surface area (Å²) in [6.07, 6.45) is 5.26. The zero-order chi connectivity index (χ0) is 13.6. The third kappa shape index (κ3) is 5.71. The first-order valence-electron chi connectivity index (χ1n) is 7.05. The van der Waals surface area contributed by atoms with Gasteiger partial charge in [-0.05, 0) is 32.4 Å². The summed E-state index contributed by atoms with van der Waals surface area (Å²) in [6, 6.07) is 0.619. The van der Waals surface area contributed by atoms with Gasteiger partial charge in [-0.15, -0.1) is 0 Å². The lowest BCUT2D eigenvalue weighted by molar-refractivity contribution is 0.241. The van der Waals surface area contributed by atoms with Gasteiger partial charge in [0.15, 0.2) is 5.96 Å². The number of nitrogens with one attached hydrogen (secondary N) is 2. The van der Waals surface area contributed by atoms with Crippen LogP contribution in [0.1, 0.15) is 39.5 Å². The van der Waals surface area contributed by atoms with Crippen LogP contribution in [-0.4, -0.2) is 51.1 Å². The van der Waals surface area contributed by atoms with E-state index in [9.17, 15) is 0 Å². The van der Waals surface area contributed by atoms with Crippen LogP contribution in [0.15, 0.2) is 4.99 Å². The van der Waals surface area contributed by atoms with Gasteiger partial charge in [0.1, 0.15) is 0 Å². The van der Waals surface area contributed by atoms with E-state index in [2.05, 4.69) is 48.5 Å². The third-order valence-electron chi connectivity index (χ3n) is 3.40. The van der Waals surface area contributed by atoms with Gasteiger partial charge in [-0.3, -0.25) is 4.99 Å². The fourth-order valence-electron chi connectivity index (χ4n) is 2.69. The Hall–Kier alpha value is -0.770. The van der Waals surface area contributed by atoms with Crippen molar-refractivity contribution in [1.29, 1.82) is 0 Å². The minimum absolute atomic E-state index is 0.247. The van der Waals surface area contributed by atoms with E-state index in [1.807, 2.05) is 7.05 Å². The summed E-state index contributed by atoms with van der Waals surface area (Å²) in [6.45, 7) is 6.57. The molecule has 1 fully saturated rings. The Balaban J connectivity index is 2.34. The van der Waals surface area contributed by atoms with Gasteiger partial charge in [-0.2, -0.15) is 0 Å². The van der Waals surface area contributed by atoms with Crippen molar-refractivity contribution in [1.82, 2.24) is 15.5 Å². The highest BCUT2D eigenvalue weighted by molar-refractivity contribution is 5.80. The standard InChI is InChI=1S/C14H30N4/c1-14(2,11-18(4)5)10-16-13(15-3)17-12-8-6-7-9-12/h12H,6-11H2,1-5H3,(H2,15,16,17). The molecule has 18 heavy (non-hydrogen) atoms. The second kappa shape index (κ2) is 6.98. The molecule has 0 unspecified atom stereocenters. The first kappa shape index (κ1) is 15.3. The molecule has 0 heterocycles. The van der Waals surface area contributed by atoms with E-state index in [4.69, 9.17) is 0 Å². The number of hydrogen-bond acceptors (Lipinski definition) is 2. The minimum Gasteiger partial charge on any atom is -0.356 e. The van der Waals surface area contributed by atoms with E-state index in [-0.39, 0.29) is 5.41 Å². The fourth-order valence-corrected chi connectivity index (χ4v) is 2.69. The maximum atomic E-state index is 4.31. The van der Waals surface area contributed by atoms with Gasteiger partial charge in [0.25, 0.3) is 0 Å². The number of aliphatic imine (C=N–C) groups is 1. The molecule has 4 heteroatoms. The highest BCUT2D eigenvalue weighted by Crippen LogP contribution is 2.17. The van der Waals surface area contributed by atoms with Crippen LogP contribution in [0.2, 0.25) is 0 Å². The van der Waals surface area contributed by atoms with E-state index >= 15 is 0 Å². The van der Waals surface area contributed by atoms with E-state index in [1.165, 1.54) is 25.7 Å². The van der Waals surface area contributed by atoms with Crippen molar-refractivity contribution in [3.05, 3.63) is 0 Å². The number of guanidine groups is 1. The maximum Gasteiger partial charge on any atom is 0.191 e. The van der Waals surface area contributed by atoms with E-state index < -0.39 is 0 Å². The van der Waals surface area contributed by atoms with Crippen LogP contribution >= 0.6 is 0 Å². The molecule has 0 spiro atoms. The van der Waals surface area contributed by atoms with Crippen molar-refractivity contribution < 1.29 is 0 Å². The SMILES string of the molecule is CN=C(NCC(C)(C)CN(C)C)NC1CCCC1. The molecule has 0 aliphatic heterocycles. The second-order valence-corrected chi connectivity index (χ2v) is 6.45. The molecule has 0 saturated heterocycles. The molecule has 0 bridgehead atoms. The Morgan fingerprint density at radius 2 is 1.89 bits per heavy atom. The van der Waals surface area contributed by atoms with Crippen LogP contribution in [0.3, 0.4) is 0 Å². The summed E-state index contributed by atoms with van der Waals surface area (Å²) >= 11 is 0. The van der Waals surface area contributed by atoms with E-state index in [0.29, 0.717) is 6.04 Å². The van der Waals surface area contributed by atoms with Crippen LogP contribution in [0.5, 0.6) is 0 Å². The maximum absolute atomic E-state index is 4.31. The summed E-state index contributed by atoms with van der Waals surface area (Å²) in [5.41, 5.74) is 0.247. The van der Waals surface area contributed by atoms with Crippen LogP contribution in [-0.2, 0) is 0 Å². The van der Waals surface area contributed by atoms with Crippen molar-refractivity contribution >= 4 is 5.96 Å². The first-order valence-corrected chi connectivity index (χ1v) is 7.05. The van der Waals surface area contributed by atoms with Crippen LogP contribution in [0.25, 0.3) is 0 Å². The van der Waals surface area contributed by atoms with Crippen molar-refractivity contribution in [2.24, 2.45) is 10.4 Å². The first-order chi connectivity index (χ1) is 8.43. The minimum atomic E-state index is 0.247. The Bertz CT molecular complexity index is 265. The van der Waals surface area contributed by atoms with Gasteiger partial charge >= 0.3 is 0 Å². The molecule has 0 atom stereocenters. The molecular formula is C14H30N4. The Morgan fingerprint density at radius 1 is 1.28 bits per heavy atom. The zero-order valence-corrected chi connectivity index (χ0v) is 12.7. The average molecular weight is 254 g/mol. The van der Waals surface area contributed by atoms with Crippen molar-refractivity contribution in [3.8, 4) is 0 Å². The van der Waals surface area contributed by atoms with Crippen molar-refractivity contribution in [2.45, 2.75) is 45.6 Å². The molecule has 4 nitrogen and oxygen atoms in total. The van der Waals surface area contributed by atoms with Gasteiger partial charge in [-0.25, -0.2) is 0 Å². The smallest absolute Gasteiger partial charge is 0.191 e. The van der Waals surface area contributed by atoms with Gasteiger partial charge in [0.05, 0.1) is 0 Å². The molecule has 2 N–H and O–H groups in total. The molecule has 0 radical (unpaired) electrons. The van der Waals surface area contributed by atoms with Gasteiger partial charge < -0.3 is 15.5 Å². The molecule has 0 aromatic rings. The molecule has 0 amide bonds. The molecule has 106 valence electrons. The fraction of sp³-hybridized carbons (Fsp3) is 0.929. The predicted molar refractivity (Wildman–Crippen MR) is 79.1 cm³/mol. The molecule has 1 aliphatic carbocycles. The monoisotopic (exact) mass is 254 g/mol. The predicted octanol–water partition coefficient (Wildman–Crippen LogP) is 1.68. The largest absolute Gasteiger partial charge is 0.356 e. The summed E-state index contributed by atoms with van der Waals surface area (Å²) in [5, 5.41) is 6.97. The summed E-state index contributed by atoms with van der Waals surface area (Å²) in [4.78, 5) is 6.55. The summed E-state index contributed by atoms with van der Waals surface area (Å²) in [5.74, 6) is 0.953. The van der Waals surface area contributed by atoms with E-state index in [1.54, 1.807) is 0 Å². The zero-order valence-electron chi connectivity index (χ0n) is 12.7. The molecule has 0 aromatic carbocycles. The Labute approximate surface area is 112 Å². The van der Waals surface area contributed by atoms with Gasteiger partial charge in [-0.1, -0.05) is 26.7 Å². The van der Waals surface area contributed by atoms with Gasteiger partial charge in [0.2, 0.25) is 0 Å². The Morgan fingerprint density at radius 3 is 2.39 bits per heavy atom. The molecule has 0 aromatic heterocycles. The van der Waals surface area contributed by atoms with Crippen LogP contribution in [0.4, 0.5) is 0 Å². The van der Waals surface area contributed by atoms with E-state index in [0.717, 1.165) is 19.0 Å². The second-order valence-electron chi connectivity index (χ2n) is 6.45. The normalized spacial score (nSPS) is 18.4. The van der Waals surface area contributed by atoms with Crippen LogP contribution < -0.4 is 10.6 Å². The summed E-state index contributed by atoms with van der Waals surface area (Å²) in [7, 11) is 6.09. The van der Waals surface area contributed by atoms with Crippen LogP contribution in [0, 0.1) is 5.41 Å². The Kier molecular flexibility index (Phi) is 5.93. The van der Waals surface area contributed by atoms with Gasteiger partial charge in [0, 0.05) is 26.2 Å². The lowest BCUT2D eigenvalue weighted by atomic mass is 9.93. The topological polar surface area (TPSA) is 39.7 Å². The molecule has 1 saturated carbocycles. The lowest BCUT2D eigenvalue weighted by Crippen LogP contribution is -2.47. The average Bonchev–Trinajstić information content (AvgIpc) is 2.75. The quantitative estimate of drug-likeness (QED) is 0.579. The third-order valence-corrected chi connectivity index (χ3v) is 3.40. The number of nitrogens with zero attached hydrogens (tertiary/aromatic N) is 2. The molecule has 1 aliphatic rings. The molecule has 1 rings (SSSR count). The highest BCUT2D eigenvalue weighted by Gasteiger charge is 2.20.